The number of hydrogen-bond donors (Lipinski definition) is 3. The summed E-state index contributed by atoms with van der Waals surface area (Å²) < 4.78 is 50.3. The quantitative estimate of drug-likeness (QED) is 0.580. The first-order valence-corrected chi connectivity index (χ1v) is 10.5. The summed E-state index contributed by atoms with van der Waals surface area (Å²) in [6.45, 7) is 5.35. The molecule has 0 aliphatic heterocycles. The van der Waals surface area contributed by atoms with Crippen LogP contribution < -0.4 is 14.8 Å². The van der Waals surface area contributed by atoms with E-state index in [4.69, 9.17) is 9.47 Å². The normalized spacial score (nSPS) is 17.9. The van der Waals surface area contributed by atoms with Crippen molar-refractivity contribution in [3.05, 3.63) is 52.6 Å². The molecule has 34 heavy (non-hydrogen) atoms. The minimum absolute atomic E-state index is 0.0748. The molecule has 0 saturated heterocycles. The summed E-state index contributed by atoms with van der Waals surface area (Å²) in [5.74, 6) is 0.217. The topological polar surface area (TPSA) is 100 Å². The smallest absolute Gasteiger partial charge is 0.418 e. The molecule has 0 radical (unpaired) electrons. The first-order valence-electron chi connectivity index (χ1n) is 10.5. The number of methoxy groups -OCH3 is 2. The van der Waals surface area contributed by atoms with Crippen LogP contribution in [-0.2, 0) is 11.8 Å². The van der Waals surface area contributed by atoms with E-state index in [0.717, 1.165) is 12.7 Å². The number of fused-ring (bicyclic) bond motifs is 1. The highest BCUT2D eigenvalue weighted by Crippen LogP contribution is 2.43. The van der Waals surface area contributed by atoms with E-state index in [-0.39, 0.29) is 23.6 Å². The second-order valence-electron chi connectivity index (χ2n) is 9.02. The van der Waals surface area contributed by atoms with Gasteiger partial charge in [-0.05, 0) is 46.4 Å². The maximum atomic E-state index is 13.3. The fourth-order valence-corrected chi connectivity index (χ4v) is 3.75. The number of benzene rings is 2. The number of amides is 2. The number of aliphatic hydroxyl groups is 2. The van der Waals surface area contributed by atoms with Gasteiger partial charge in [-0.1, -0.05) is 26.8 Å². The standard InChI is InChI=1S/C24H27F3N2O5/c1-23(2,3)13-9-16(21(31)24(25,26)27)20(34-5)18(10-13)29-22(32)28-17-8-12-6-7-14(33-4)11-15(12)19(17)30/h6-7,9-11,19,21,30-31H,8H2,1-5H3,(H,29,32)/t19-,21-/m1/s1. The molecule has 0 fully saturated rings. The van der Waals surface area contributed by atoms with E-state index in [1.54, 1.807) is 39.0 Å². The molecule has 0 aromatic heterocycles. The van der Waals surface area contributed by atoms with Gasteiger partial charge in [0.2, 0.25) is 0 Å². The summed E-state index contributed by atoms with van der Waals surface area (Å²) in [6, 6.07) is 6.94. The number of anilines is 1. The summed E-state index contributed by atoms with van der Waals surface area (Å²) in [4.78, 5) is 16.7. The summed E-state index contributed by atoms with van der Waals surface area (Å²) in [5, 5.41) is 23.0. The largest absolute Gasteiger partial charge is 0.497 e. The fraction of sp³-hybridized carbons (Fsp3) is 0.417. The van der Waals surface area contributed by atoms with E-state index in [1.165, 1.54) is 19.2 Å². The molecule has 3 N–H and O–H groups in total. The Morgan fingerprint density at radius 3 is 2.38 bits per heavy atom. The third-order valence-corrected chi connectivity index (χ3v) is 5.61. The SMILES string of the molecule is COc1ccc2c(c1)[C@@H](O)C(=NC(=O)Nc1cc(C(C)(C)C)cc([C@@H](O)C(F)(F)F)c1OC)C2. The highest BCUT2D eigenvalue weighted by atomic mass is 19.4. The van der Waals surface area contributed by atoms with E-state index < -0.39 is 35.4 Å². The van der Waals surface area contributed by atoms with Crippen molar-refractivity contribution in [2.45, 2.75) is 51.0 Å². The second-order valence-corrected chi connectivity index (χ2v) is 9.02. The van der Waals surface area contributed by atoms with Gasteiger partial charge >= 0.3 is 12.2 Å². The second kappa shape index (κ2) is 9.27. The van der Waals surface area contributed by atoms with Crippen molar-refractivity contribution in [3.8, 4) is 11.5 Å². The van der Waals surface area contributed by atoms with Gasteiger partial charge in [0.25, 0.3) is 0 Å². The molecule has 0 bridgehead atoms. The molecule has 184 valence electrons. The average molecular weight is 480 g/mol. The Hall–Kier alpha value is -3.11. The van der Waals surface area contributed by atoms with Crippen LogP contribution in [0.15, 0.2) is 35.3 Å². The van der Waals surface area contributed by atoms with Gasteiger partial charge < -0.3 is 25.0 Å². The fourth-order valence-electron chi connectivity index (χ4n) is 3.75. The number of aliphatic hydroxyl groups excluding tert-OH is 2. The monoisotopic (exact) mass is 480 g/mol. The van der Waals surface area contributed by atoms with Crippen LogP contribution in [0, 0.1) is 0 Å². The van der Waals surface area contributed by atoms with Crippen molar-refractivity contribution < 1.29 is 37.7 Å². The number of nitrogens with one attached hydrogen (secondary N) is 1. The van der Waals surface area contributed by atoms with Crippen molar-refractivity contribution in [3.63, 3.8) is 0 Å². The molecule has 0 heterocycles. The molecule has 0 unspecified atom stereocenters. The summed E-state index contributed by atoms with van der Waals surface area (Å²) in [7, 11) is 2.64. The van der Waals surface area contributed by atoms with Gasteiger partial charge in [-0.15, -0.1) is 0 Å². The molecule has 2 aromatic carbocycles. The predicted molar refractivity (Wildman–Crippen MR) is 121 cm³/mol. The number of ether oxygens (including phenoxy) is 2. The molecule has 1 aliphatic rings. The lowest BCUT2D eigenvalue weighted by Gasteiger charge is -2.26. The van der Waals surface area contributed by atoms with Crippen LogP contribution in [0.1, 0.15) is 55.2 Å². The zero-order chi connectivity index (χ0) is 25.4. The molecule has 10 heteroatoms. The molecule has 0 saturated carbocycles. The van der Waals surface area contributed by atoms with Crippen LogP contribution in [-0.4, -0.2) is 42.4 Å². The lowest BCUT2D eigenvalue weighted by molar-refractivity contribution is -0.207. The number of nitrogens with zero attached hydrogens (tertiary/aromatic N) is 1. The van der Waals surface area contributed by atoms with Gasteiger partial charge in [-0.25, -0.2) is 4.79 Å². The number of rotatable bonds is 4. The number of aliphatic imine (C=N–C) groups is 1. The number of alkyl halides is 3. The number of halogens is 3. The average Bonchev–Trinajstić information content (AvgIpc) is 3.05. The minimum atomic E-state index is -4.94. The van der Waals surface area contributed by atoms with Gasteiger partial charge in [0, 0.05) is 12.0 Å². The maximum Gasteiger partial charge on any atom is 0.418 e. The van der Waals surface area contributed by atoms with E-state index in [1.807, 2.05) is 0 Å². The minimum Gasteiger partial charge on any atom is -0.497 e. The summed E-state index contributed by atoms with van der Waals surface area (Å²) >= 11 is 0. The van der Waals surface area contributed by atoms with Gasteiger partial charge in [0.1, 0.15) is 17.6 Å². The van der Waals surface area contributed by atoms with Gasteiger partial charge in [0.15, 0.2) is 6.10 Å². The van der Waals surface area contributed by atoms with E-state index >= 15 is 0 Å². The van der Waals surface area contributed by atoms with Crippen LogP contribution in [0.4, 0.5) is 23.7 Å². The zero-order valence-electron chi connectivity index (χ0n) is 19.4. The number of carbonyl (C=O) groups is 1. The molecule has 2 aromatic rings. The first kappa shape index (κ1) is 25.5. The van der Waals surface area contributed by atoms with Gasteiger partial charge in [-0.3, -0.25) is 0 Å². The predicted octanol–water partition coefficient (Wildman–Crippen LogP) is 4.86. The lowest BCUT2D eigenvalue weighted by Crippen LogP contribution is -2.23. The molecule has 0 spiro atoms. The number of hydrogen-bond acceptors (Lipinski definition) is 5. The van der Waals surface area contributed by atoms with Crippen LogP contribution in [0.25, 0.3) is 0 Å². The van der Waals surface area contributed by atoms with Crippen molar-refractivity contribution in [1.82, 2.24) is 0 Å². The Morgan fingerprint density at radius 2 is 1.82 bits per heavy atom. The van der Waals surface area contributed by atoms with Crippen molar-refractivity contribution >= 4 is 17.4 Å². The Balaban J connectivity index is 1.97. The molecule has 3 rings (SSSR count). The van der Waals surface area contributed by atoms with Gasteiger partial charge in [-0.2, -0.15) is 18.2 Å². The lowest BCUT2D eigenvalue weighted by atomic mass is 9.84. The van der Waals surface area contributed by atoms with Crippen molar-refractivity contribution in [2.24, 2.45) is 4.99 Å². The van der Waals surface area contributed by atoms with E-state index in [2.05, 4.69) is 10.3 Å². The molecule has 1 aliphatic carbocycles. The third-order valence-electron chi connectivity index (χ3n) is 5.61. The molecular weight excluding hydrogens is 453 g/mol. The van der Waals surface area contributed by atoms with Crippen LogP contribution >= 0.6 is 0 Å². The van der Waals surface area contributed by atoms with Crippen molar-refractivity contribution in [2.75, 3.05) is 19.5 Å². The van der Waals surface area contributed by atoms with Crippen LogP contribution in [0.5, 0.6) is 11.5 Å². The van der Waals surface area contributed by atoms with E-state index in [0.29, 0.717) is 16.9 Å². The highest BCUT2D eigenvalue weighted by molar-refractivity contribution is 6.06. The molecule has 2 atom stereocenters. The van der Waals surface area contributed by atoms with E-state index in [9.17, 15) is 28.2 Å². The van der Waals surface area contributed by atoms with Crippen LogP contribution in [0.3, 0.4) is 0 Å². The molecule has 7 nitrogen and oxygen atoms in total. The molecular formula is C24H27F3N2O5. The number of carbonyl (C=O) groups excluding carboxylic acids is 1. The van der Waals surface area contributed by atoms with Gasteiger partial charge in [0.05, 0.1) is 25.6 Å². The molecule has 2 amide bonds. The zero-order valence-corrected chi connectivity index (χ0v) is 19.4. The summed E-state index contributed by atoms with van der Waals surface area (Å²) in [5.41, 5.74) is 0.772. The Kier molecular flexibility index (Phi) is 6.95. The number of urea groups is 1. The van der Waals surface area contributed by atoms with Crippen LogP contribution in [0.2, 0.25) is 0 Å². The highest BCUT2D eigenvalue weighted by Gasteiger charge is 2.42. The first-order chi connectivity index (χ1) is 15.8. The summed E-state index contributed by atoms with van der Waals surface area (Å²) in [6.07, 6.45) is -8.65. The Labute approximate surface area is 195 Å². The Bertz CT molecular complexity index is 1120. The third kappa shape index (κ3) is 5.18. The maximum absolute atomic E-state index is 13.3. The Morgan fingerprint density at radius 1 is 1.15 bits per heavy atom. The van der Waals surface area contributed by atoms with Crippen molar-refractivity contribution in [1.29, 1.82) is 0 Å².